The largest absolute Gasteiger partial charge is 0.480 e. The smallest absolute Gasteiger partial charge is 0.265 e. The lowest BCUT2D eigenvalue weighted by Crippen LogP contribution is -2.35. The molecule has 0 aromatic heterocycles. The molecule has 0 saturated carbocycles. The lowest BCUT2D eigenvalue weighted by Gasteiger charge is -2.22. The van der Waals surface area contributed by atoms with Crippen molar-refractivity contribution in [2.24, 2.45) is 0 Å². The number of nitrogens with one attached hydrogen (secondary N) is 1. The van der Waals surface area contributed by atoms with Gasteiger partial charge in [-0.25, -0.2) is 4.39 Å². The molecule has 1 atom stereocenters. The minimum absolute atomic E-state index is 0.0710. The number of amides is 2. The molecule has 1 fully saturated rings. The van der Waals surface area contributed by atoms with E-state index in [1.807, 2.05) is 35.2 Å². The highest BCUT2D eigenvalue weighted by atomic mass is 19.1. The number of nitrogens with zero attached hydrogens (tertiary/aromatic N) is 2. The summed E-state index contributed by atoms with van der Waals surface area (Å²) in [6.07, 6.45) is 0.756. The van der Waals surface area contributed by atoms with Crippen LogP contribution in [0.15, 0.2) is 72.8 Å². The molecule has 1 N–H and O–H groups in total. The summed E-state index contributed by atoms with van der Waals surface area (Å²) in [6.45, 7) is 3.22. The molecule has 2 amide bonds. The summed E-state index contributed by atoms with van der Waals surface area (Å²) in [5.41, 5.74) is 2.78. The molecule has 180 valence electrons. The maximum absolute atomic E-state index is 14.0. The SMILES string of the molecule is O=C(Nc1cccc(C(=O)N2CCCN(Cc3ccccc3F)CC2)c1)C1Cc2ccccc2O1. The number of hydrogen-bond acceptors (Lipinski definition) is 4. The van der Waals surface area contributed by atoms with Crippen LogP contribution in [0.2, 0.25) is 0 Å². The second-order valence-electron chi connectivity index (χ2n) is 9.00. The van der Waals surface area contributed by atoms with Gasteiger partial charge in [0.05, 0.1) is 0 Å². The molecule has 0 radical (unpaired) electrons. The number of anilines is 1. The third kappa shape index (κ3) is 5.35. The molecular weight excluding hydrogens is 445 g/mol. The zero-order valence-corrected chi connectivity index (χ0v) is 19.5. The summed E-state index contributed by atoms with van der Waals surface area (Å²) < 4.78 is 19.8. The van der Waals surface area contributed by atoms with E-state index in [-0.39, 0.29) is 17.6 Å². The third-order valence-corrected chi connectivity index (χ3v) is 6.54. The van der Waals surface area contributed by atoms with E-state index in [0.29, 0.717) is 49.4 Å². The van der Waals surface area contributed by atoms with E-state index in [2.05, 4.69) is 10.2 Å². The minimum atomic E-state index is -0.585. The Morgan fingerprint density at radius 3 is 2.63 bits per heavy atom. The normalized spacial score (nSPS) is 17.9. The van der Waals surface area contributed by atoms with Crippen LogP contribution in [0, 0.1) is 5.82 Å². The van der Waals surface area contributed by atoms with Crippen molar-refractivity contribution in [2.75, 3.05) is 31.5 Å². The molecule has 5 rings (SSSR count). The molecule has 3 aromatic rings. The predicted molar refractivity (Wildman–Crippen MR) is 132 cm³/mol. The number of rotatable bonds is 5. The van der Waals surface area contributed by atoms with Crippen molar-refractivity contribution < 1.29 is 18.7 Å². The molecule has 0 spiro atoms. The summed E-state index contributed by atoms with van der Waals surface area (Å²) in [5.74, 6) is 0.236. The standard InChI is InChI=1S/C28H28FN3O3/c29-24-11-3-1-8-22(24)19-31-13-6-14-32(16-15-31)28(34)21-9-5-10-23(17-21)30-27(33)26-18-20-7-2-4-12-25(20)35-26/h1-5,7-12,17,26H,6,13-16,18-19H2,(H,30,33). The van der Waals surface area contributed by atoms with Gasteiger partial charge in [-0.15, -0.1) is 0 Å². The quantitative estimate of drug-likeness (QED) is 0.606. The molecule has 0 aliphatic carbocycles. The van der Waals surface area contributed by atoms with Crippen LogP contribution in [-0.4, -0.2) is 53.9 Å². The fourth-order valence-electron chi connectivity index (χ4n) is 4.66. The van der Waals surface area contributed by atoms with Crippen LogP contribution in [0.1, 0.15) is 27.9 Å². The van der Waals surface area contributed by atoms with Crippen LogP contribution >= 0.6 is 0 Å². The molecule has 1 saturated heterocycles. The molecule has 35 heavy (non-hydrogen) atoms. The van der Waals surface area contributed by atoms with Gasteiger partial charge in [0, 0.05) is 56.0 Å². The Balaban J connectivity index is 1.19. The highest BCUT2D eigenvalue weighted by Crippen LogP contribution is 2.28. The van der Waals surface area contributed by atoms with Crippen molar-refractivity contribution in [2.45, 2.75) is 25.5 Å². The molecule has 1 unspecified atom stereocenters. The summed E-state index contributed by atoms with van der Waals surface area (Å²) in [5, 5.41) is 2.89. The summed E-state index contributed by atoms with van der Waals surface area (Å²) in [4.78, 5) is 30.0. The number of carbonyl (C=O) groups excluding carboxylic acids is 2. The highest BCUT2D eigenvalue weighted by molar-refractivity contribution is 5.98. The fraction of sp³-hybridized carbons (Fsp3) is 0.286. The van der Waals surface area contributed by atoms with Gasteiger partial charge < -0.3 is 15.0 Å². The van der Waals surface area contributed by atoms with Crippen LogP contribution < -0.4 is 10.1 Å². The Morgan fingerprint density at radius 2 is 1.77 bits per heavy atom. The van der Waals surface area contributed by atoms with Crippen LogP contribution in [0.3, 0.4) is 0 Å². The first kappa shape index (κ1) is 23.1. The number of hydrogen-bond donors (Lipinski definition) is 1. The van der Waals surface area contributed by atoms with Gasteiger partial charge in [-0.3, -0.25) is 14.5 Å². The molecule has 2 heterocycles. The molecule has 2 aliphatic heterocycles. The van der Waals surface area contributed by atoms with E-state index >= 15 is 0 Å². The van der Waals surface area contributed by atoms with Gasteiger partial charge in [-0.05, 0) is 42.3 Å². The van der Waals surface area contributed by atoms with Crippen LogP contribution in [0.25, 0.3) is 0 Å². The molecule has 2 aliphatic rings. The highest BCUT2D eigenvalue weighted by Gasteiger charge is 2.29. The maximum Gasteiger partial charge on any atom is 0.265 e. The lowest BCUT2D eigenvalue weighted by molar-refractivity contribution is -0.122. The Bertz CT molecular complexity index is 1210. The topological polar surface area (TPSA) is 61.9 Å². The van der Waals surface area contributed by atoms with E-state index in [4.69, 9.17) is 4.74 Å². The van der Waals surface area contributed by atoms with Gasteiger partial charge in [-0.1, -0.05) is 42.5 Å². The Kier molecular flexibility index (Phi) is 6.77. The van der Waals surface area contributed by atoms with Crippen molar-refractivity contribution in [3.8, 4) is 5.75 Å². The van der Waals surface area contributed by atoms with Gasteiger partial charge in [0.2, 0.25) is 0 Å². The van der Waals surface area contributed by atoms with Crippen molar-refractivity contribution in [1.29, 1.82) is 0 Å². The monoisotopic (exact) mass is 473 g/mol. The van der Waals surface area contributed by atoms with Crippen LogP contribution in [0.4, 0.5) is 10.1 Å². The summed E-state index contributed by atoms with van der Waals surface area (Å²) in [6, 6.07) is 21.5. The zero-order valence-electron chi connectivity index (χ0n) is 19.5. The number of carbonyl (C=O) groups is 2. The van der Waals surface area contributed by atoms with Crippen LogP contribution in [-0.2, 0) is 17.8 Å². The van der Waals surface area contributed by atoms with Gasteiger partial charge in [-0.2, -0.15) is 0 Å². The van der Waals surface area contributed by atoms with Crippen LogP contribution in [0.5, 0.6) is 5.75 Å². The first-order valence-electron chi connectivity index (χ1n) is 12.0. The number of benzene rings is 3. The number of fused-ring (bicyclic) bond motifs is 1. The number of para-hydroxylation sites is 1. The minimum Gasteiger partial charge on any atom is -0.480 e. The van der Waals surface area contributed by atoms with Crippen molar-refractivity contribution in [3.63, 3.8) is 0 Å². The zero-order chi connectivity index (χ0) is 24.2. The van der Waals surface area contributed by atoms with Gasteiger partial charge >= 0.3 is 0 Å². The third-order valence-electron chi connectivity index (χ3n) is 6.54. The fourth-order valence-corrected chi connectivity index (χ4v) is 4.66. The van der Waals surface area contributed by atoms with E-state index in [9.17, 15) is 14.0 Å². The molecule has 0 bridgehead atoms. The Hall–Kier alpha value is -3.71. The van der Waals surface area contributed by atoms with Gasteiger partial charge in [0.15, 0.2) is 6.10 Å². The Morgan fingerprint density at radius 1 is 0.943 bits per heavy atom. The predicted octanol–water partition coefficient (Wildman–Crippen LogP) is 4.12. The van der Waals surface area contributed by atoms with Gasteiger partial charge in [0.25, 0.3) is 11.8 Å². The van der Waals surface area contributed by atoms with E-state index < -0.39 is 6.10 Å². The second kappa shape index (κ2) is 10.3. The van der Waals surface area contributed by atoms with Gasteiger partial charge in [0.1, 0.15) is 11.6 Å². The first-order valence-corrected chi connectivity index (χ1v) is 12.0. The van der Waals surface area contributed by atoms with E-state index in [0.717, 1.165) is 24.3 Å². The number of ether oxygens (including phenoxy) is 1. The molecule has 3 aromatic carbocycles. The van der Waals surface area contributed by atoms with E-state index in [1.165, 1.54) is 6.07 Å². The lowest BCUT2D eigenvalue weighted by atomic mass is 10.1. The average molecular weight is 474 g/mol. The molecular formula is C28H28FN3O3. The number of halogens is 1. The van der Waals surface area contributed by atoms with Crippen molar-refractivity contribution >= 4 is 17.5 Å². The summed E-state index contributed by atoms with van der Waals surface area (Å²) in [7, 11) is 0. The Labute approximate surface area is 204 Å². The first-order chi connectivity index (χ1) is 17.1. The molecule has 7 heteroatoms. The maximum atomic E-state index is 14.0. The van der Waals surface area contributed by atoms with E-state index in [1.54, 1.807) is 36.4 Å². The second-order valence-corrected chi connectivity index (χ2v) is 9.00. The average Bonchev–Trinajstić information content (AvgIpc) is 3.18. The van der Waals surface area contributed by atoms with Crippen molar-refractivity contribution in [3.05, 3.63) is 95.3 Å². The van der Waals surface area contributed by atoms with Crippen molar-refractivity contribution in [1.82, 2.24) is 9.80 Å². The molecule has 6 nitrogen and oxygen atoms in total. The summed E-state index contributed by atoms with van der Waals surface area (Å²) >= 11 is 0.